The summed E-state index contributed by atoms with van der Waals surface area (Å²) in [6.07, 6.45) is -0.394. The Bertz CT molecular complexity index is 300. The molecular formula is C9H10N2O2. The lowest BCUT2D eigenvalue weighted by molar-refractivity contribution is -0.139. The Labute approximate surface area is 75.9 Å². The number of esters is 1. The smallest absolute Gasteiger partial charge is 0.322 e. The largest absolute Gasteiger partial charge is 0.427 e. The molecule has 68 valence electrons. The minimum absolute atomic E-state index is 0.228. The molecule has 4 nitrogen and oxygen atoms in total. The lowest BCUT2D eigenvalue weighted by atomic mass is 10.3. The van der Waals surface area contributed by atoms with Crippen molar-refractivity contribution < 1.29 is 9.53 Å². The van der Waals surface area contributed by atoms with E-state index in [0.717, 1.165) is 5.69 Å². The van der Waals surface area contributed by atoms with Crippen LogP contribution in [0, 0.1) is 0 Å². The van der Waals surface area contributed by atoms with Gasteiger partial charge in [-0.05, 0) is 12.1 Å². The molecule has 2 rings (SSSR count). The van der Waals surface area contributed by atoms with Crippen LogP contribution in [0.25, 0.3) is 0 Å². The quantitative estimate of drug-likeness (QED) is 0.648. The van der Waals surface area contributed by atoms with Crippen molar-refractivity contribution in [1.82, 2.24) is 5.32 Å². The highest BCUT2D eigenvalue weighted by Crippen LogP contribution is 2.08. The number of ether oxygens (including phenoxy) is 1. The average molecular weight is 178 g/mol. The number of cyclic esters (lactones) is 1. The maximum Gasteiger partial charge on any atom is 0.322 e. The Morgan fingerprint density at radius 2 is 2.15 bits per heavy atom. The SMILES string of the molecule is O=C1CNC(Nc2ccccc2)O1. The van der Waals surface area contributed by atoms with Crippen LogP contribution in [0.3, 0.4) is 0 Å². The van der Waals surface area contributed by atoms with Gasteiger partial charge in [0.25, 0.3) is 0 Å². The Kier molecular flexibility index (Phi) is 2.14. The summed E-state index contributed by atoms with van der Waals surface area (Å²) in [4.78, 5) is 10.7. The van der Waals surface area contributed by atoms with E-state index in [2.05, 4.69) is 10.6 Å². The minimum atomic E-state index is -0.394. The molecular weight excluding hydrogens is 168 g/mol. The zero-order valence-electron chi connectivity index (χ0n) is 6.99. The van der Waals surface area contributed by atoms with Crippen molar-refractivity contribution in [3.8, 4) is 0 Å². The van der Waals surface area contributed by atoms with Crippen LogP contribution in [0.1, 0.15) is 0 Å². The molecule has 0 aromatic heterocycles. The van der Waals surface area contributed by atoms with Gasteiger partial charge in [-0.2, -0.15) is 0 Å². The van der Waals surface area contributed by atoms with Gasteiger partial charge < -0.3 is 10.1 Å². The number of carbonyl (C=O) groups is 1. The molecule has 2 N–H and O–H groups in total. The van der Waals surface area contributed by atoms with Crippen LogP contribution in [-0.2, 0) is 9.53 Å². The Morgan fingerprint density at radius 3 is 2.77 bits per heavy atom. The minimum Gasteiger partial charge on any atom is -0.427 e. The standard InChI is InChI=1S/C9H10N2O2/c12-8-6-10-9(13-8)11-7-4-2-1-3-5-7/h1-5,9-11H,6H2. The number of hydrogen-bond donors (Lipinski definition) is 2. The summed E-state index contributed by atoms with van der Waals surface area (Å²) >= 11 is 0. The van der Waals surface area contributed by atoms with Gasteiger partial charge in [-0.15, -0.1) is 0 Å². The molecule has 4 heteroatoms. The number of nitrogens with one attached hydrogen (secondary N) is 2. The van der Waals surface area contributed by atoms with E-state index < -0.39 is 6.35 Å². The summed E-state index contributed by atoms with van der Waals surface area (Å²) in [7, 11) is 0. The van der Waals surface area contributed by atoms with Gasteiger partial charge in [-0.1, -0.05) is 18.2 Å². The van der Waals surface area contributed by atoms with Crippen molar-refractivity contribution in [3.63, 3.8) is 0 Å². The lowest BCUT2D eigenvalue weighted by Crippen LogP contribution is -2.30. The summed E-state index contributed by atoms with van der Waals surface area (Å²) in [6.45, 7) is 0.268. The molecule has 1 saturated heterocycles. The van der Waals surface area contributed by atoms with Crippen LogP contribution < -0.4 is 10.6 Å². The van der Waals surface area contributed by atoms with Gasteiger partial charge in [0, 0.05) is 5.69 Å². The monoisotopic (exact) mass is 178 g/mol. The predicted octanol–water partition coefficient (Wildman–Crippen LogP) is 0.528. The van der Waals surface area contributed by atoms with Crippen LogP contribution in [0.2, 0.25) is 0 Å². The summed E-state index contributed by atoms with van der Waals surface area (Å²) in [5.41, 5.74) is 0.926. The van der Waals surface area contributed by atoms with Crippen LogP contribution in [0.15, 0.2) is 30.3 Å². The molecule has 1 atom stereocenters. The lowest BCUT2D eigenvalue weighted by Gasteiger charge is -2.12. The Balaban J connectivity index is 1.96. The Morgan fingerprint density at radius 1 is 1.38 bits per heavy atom. The van der Waals surface area contributed by atoms with E-state index in [4.69, 9.17) is 4.74 Å². The fourth-order valence-electron chi connectivity index (χ4n) is 1.16. The highest BCUT2D eigenvalue weighted by molar-refractivity contribution is 5.74. The number of rotatable bonds is 2. The second-order valence-electron chi connectivity index (χ2n) is 2.76. The van der Waals surface area contributed by atoms with Crippen molar-refractivity contribution >= 4 is 11.7 Å². The summed E-state index contributed by atoms with van der Waals surface area (Å²) in [6, 6.07) is 9.58. The van der Waals surface area contributed by atoms with Crippen LogP contribution in [0.4, 0.5) is 5.69 Å². The summed E-state index contributed by atoms with van der Waals surface area (Å²) < 4.78 is 4.90. The van der Waals surface area contributed by atoms with E-state index >= 15 is 0 Å². The molecule has 1 aromatic rings. The number of benzene rings is 1. The van der Waals surface area contributed by atoms with Gasteiger partial charge in [0.1, 0.15) is 0 Å². The van der Waals surface area contributed by atoms with E-state index in [-0.39, 0.29) is 12.5 Å². The first-order chi connectivity index (χ1) is 6.34. The fourth-order valence-corrected chi connectivity index (χ4v) is 1.16. The first-order valence-electron chi connectivity index (χ1n) is 4.09. The van der Waals surface area contributed by atoms with Crippen molar-refractivity contribution in [3.05, 3.63) is 30.3 Å². The average Bonchev–Trinajstić information content (AvgIpc) is 2.53. The molecule has 0 aliphatic carbocycles. The Hall–Kier alpha value is -1.55. The molecule has 0 radical (unpaired) electrons. The molecule has 0 amide bonds. The molecule has 1 heterocycles. The molecule has 1 aliphatic rings. The van der Waals surface area contributed by atoms with E-state index in [1.807, 2.05) is 30.3 Å². The summed E-state index contributed by atoms with van der Waals surface area (Å²) in [5, 5.41) is 5.89. The molecule has 13 heavy (non-hydrogen) atoms. The first kappa shape index (κ1) is 8.07. The van der Waals surface area contributed by atoms with Gasteiger partial charge in [0.05, 0.1) is 6.54 Å². The number of para-hydroxylation sites is 1. The zero-order valence-corrected chi connectivity index (χ0v) is 6.99. The van der Waals surface area contributed by atoms with Crippen LogP contribution in [-0.4, -0.2) is 18.9 Å². The van der Waals surface area contributed by atoms with Gasteiger partial charge >= 0.3 is 5.97 Å². The van der Waals surface area contributed by atoms with Gasteiger partial charge in [0.2, 0.25) is 6.35 Å². The molecule has 1 fully saturated rings. The normalized spacial score (nSPS) is 21.2. The molecule has 0 bridgehead atoms. The topological polar surface area (TPSA) is 50.4 Å². The molecule has 1 aliphatic heterocycles. The van der Waals surface area contributed by atoms with E-state index in [1.54, 1.807) is 0 Å². The van der Waals surface area contributed by atoms with Gasteiger partial charge in [-0.25, -0.2) is 0 Å². The second-order valence-corrected chi connectivity index (χ2v) is 2.76. The molecule has 0 saturated carbocycles. The van der Waals surface area contributed by atoms with Gasteiger partial charge in [-0.3, -0.25) is 10.1 Å². The predicted molar refractivity (Wildman–Crippen MR) is 47.9 cm³/mol. The highest BCUT2D eigenvalue weighted by atomic mass is 16.6. The molecule has 1 unspecified atom stereocenters. The van der Waals surface area contributed by atoms with Crippen molar-refractivity contribution in [2.45, 2.75) is 6.35 Å². The maximum atomic E-state index is 10.7. The third-order valence-corrected chi connectivity index (χ3v) is 1.75. The molecule has 1 aromatic carbocycles. The zero-order chi connectivity index (χ0) is 9.10. The number of hydrogen-bond acceptors (Lipinski definition) is 4. The summed E-state index contributed by atoms with van der Waals surface area (Å²) in [5.74, 6) is -0.228. The first-order valence-corrected chi connectivity index (χ1v) is 4.09. The van der Waals surface area contributed by atoms with Crippen LogP contribution >= 0.6 is 0 Å². The van der Waals surface area contributed by atoms with Gasteiger partial charge in [0.15, 0.2) is 0 Å². The van der Waals surface area contributed by atoms with E-state index in [1.165, 1.54) is 0 Å². The van der Waals surface area contributed by atoms with Crippen molar-refractivity contribution in [2.75, 3.05) is 11.9 Å². The third-order valence-electron chi connectivity index (χ3n) is 1.75. The fraction of sp³-hybridized carbons (Fsp3) is 0.222. The van der Waals surface area contributed by atoms with Crippen molar-refractivity contribution in [2.24, 2.45) is 0 Å². The second kappa shape index (κ2) is 3.45. The third kappa shape index (κ3) is 1.97. The van der Waals surface area contributed by atoms with E-state index in [9.17, 15) is 4.79 Å². The van der Waals surface area contributed by atoms with Crippen molar-refractivity contribution in [1.29, 1.82) is 0 Å². The maximum absolute atomic E-state index is 10.7. The van der Waals surface area contributed by atoms with E-state index in [0.29, 0.717) is 0 Å². The highest BCUT2D eigenvalue weighted by Gasteiger charge is 2.21. The van der Waals surface area contributed by atoms with Crippen LogP contribution in [0.5, 0.6) is 0 Å². The number of carbonyl (C=O) groups excluding carboxylic acids is 1. The number of anilines is 1. The molecule has 0 spiro atoms.